The molecule has 27 heavy (non-hydrogen) atoms. The van der Waals surface area contributed by atoms with Crippen LogP contribution in [0.4, 0.5) is 11.5 Å². The Labute approximate surface area is 167 Å². The summed E-state index contributed by atoms with van der Waals surface area (Å²) >= 11 is 3.59. The second-order valence-corrected chi connectivity index (χ2v) is 7.55. The first kappa shape index (κ1) is 18.1. The molecule has 0 spiro atoms. The first-order chi connectivity index (χ1) is 13.1. The third kappa shape index (κ3) is 3.75. The number of ether oxygens (including phenoxy) is 1. The lowest BCUT2D eigenvalue weighted by Crippen LogP contribution is -2.36. The highest BCUT2D eigenvalue weighted by Gasteiger charge is 2.15. The summed E-state index contributed by atoms with van der Waals surface area (Å²) in [6, 6.07) is 8.38. The molecule has 0 radical (unpaired) electrons. The summed E-state index contributed by atoms with van der Waals surface area (Å²) in [7, 11) is 0. The van der Waals surface area contributed by atoms with Crippen LogP contribution in [0.3, 0.4) is 0 Å². The van der Waals surface area contributed by atoms with E-state index in [1.807, 2.05) is 19.2 Å². The Morgan fingerprint density at radius 3 is 2.81 bits per heavy atom. The van der Waals surface area contributed by atoms with E-state index >= 15 is 0 Å². The van der Waals surface area contributed by atoms with Gasteiger partial charge in [-0.2, -0.15) is 5.10 Å². The largest absolute Gasteiger partial charge is 0.378 e. The van der Waals surface area contributed by atoms with Crippen molar-refractivity contribution in [3.63, 3.8) is 0 Å². The third-order valence-corrected chi connectivity index (χ3v) is 5.83. The molecule has 0 amide bonds. The maximum absolute atomic E-state index is 5.46. The minimum Gasteiger partial charge on any atom is -0.378 e. The Balaban J connectivity index is 1.67. The topological polar surface area (TPSA) is 63.2 Å². The van der Waals surface area contributed by atoms with Gasteiger partial charge in [0.1, 0.15) is 0 Å². The van der Waals surface area contributed by atoms with Crippen LogP contribution in [-0.2, 0) is 11.3 Å². The van der Waals surface area contributed by atoms with Crippen LogP contribution in [-0.4, -0.2) is 41.5 Å². The van der Waals surface area contributed by atoms with E-state index in [9.17, 15) is 0 Å². The fourth-order valence-corrected chi connectivity index (χ4v) is 3.70. The highest BCUT2D eigenvalue weighted by molar-refractivity contribution is 9.10. The van der Waals surface area contributed by atoms with Gasteiger partial charge in [0.05, 0.1) is 36.3 Å². The molecule has 3 aromatic rings. The van der Waals surface area contributed by atoms with E-state index in [-0.39, 0.29) is 0 Å². The second kappa shape index (κ2) is 7.78. The van der Waals surface area contributed by atoms with E-state index in [1.54, 1.807) is 0 Å². The number of nitrogens with zero attached hydrogens (tertiary/aromatic N) is 4. The zero-order valence-electron chi connectivity index (χ0n) is 15.5. The summed E-state index contributed by atoms with van der Waals surface area (Å²) in [5, 5.41) is 13.1. The van der Waals surface area contributed by atoms with E-state index in [1.165, 1.54) is 11.1 Å². The van der Waals surface area contributed by atoms with Crippen LogP contribution in [0.1, 0.15) is 16.8 Å². The van der Waals surface area contributed by atoms with Gasteiger partial charge in [0.2, 0.25) is 0 Å². The molecule has 0 bridgehead atoms. The van der Waals surface area contributed by atoms with Crippen molar-refractivity contribution < 1.29 is 4.74 Å². The van der Waals surface area contributed by atoms with E-state index < -0.39 is 0 Å². The zero-order valence-corrected chi connectivity index (χ0v) is 17.1. The molecule has 0 unspecified atom stereocenters. The van der Waals surface area contributed by atoms with Crippen molar-refractivity contribution >= 4 is 38.3 Å². The van der Waals surface area contributed by atoms with Gasteiger partial charge < -0.3 is 15.0 Å². The van der Waals surface area contributed by atoms with Crippen LogP contribution >= 0.6 is 15.9 Å². The first-order valence-electron chi connectivity index (χ1n) is 9.07. The predicted molar refractivity (Wildman–Crippen MR) is 111 cm³/mol. The van der Waals surface area contributed by atoms with Gasteiger partial charge in [-0.15, -0.1) is 5.10 Å². The fraction of sp³-hybridized carbons (Fsp3) is 0.350. The first-order valence-corrected chi connectivity index (χ1v) is 9.86. The number of benzene rings is 1. The van der Waals surface area contributed by atoms with Crippen LogP contribution in [0, 0.1) is 13.8 Å². The van der Waals surface area contributed by atoms with Gasteiger partial charge in [0, 0.05) is 29.5 Å². The zero-order chi connectivity index (χ0) is 18.8. The Hall–Kier alpha value is -2.25. The summed E-state index contributed by atoms with van der Waals surface area (Å²) < 4.78 is 6.57. The predicted octanol–water partition coefficient (Wildman–Crippen LogP) is 3.85. The number of fused-ring (bicyclic) bond motifs is 1. The van der Waals surface area contributed by atoms with Crippen molar-refractivity contribution in [1.82, 2.24) is 15.2 Å². The minimum absolute atomic E-state index is 0.680. The number of anilines is 2. The van der Waals surface area contributed by atoms with Crippen molar-refractivity contribution in [2.24, 2.45) is 0 Å². The summed E-state index contributed by atoms with van der Waals surface area (Å²) in [5.74, 6) is 0.762. The average molecular weight is 428 g/mol. The van der Waals surface area contributed by atoms with Crippen molar-refractivity contribution in [1.29, 1.82) is 0 Å². The smallest absolute Gasteiger partial charge is 0.158 e. The van der Waals surface area contributed by atoms with E-state index in [0.717, 1.165) is 58.9 Å². The molecule has 140 valence electrons. The standard InChI is InChI=1S/C20H22BrN5O/c1-13-15(4-3-5-18(13)21)11-23-20-17-10-16(26-6-8-27-9-7-26)12-22-19(17)14(2)24-25-20/h3-5,10,12H,6-9,11H2,1-2H3,(H,23,25). The number of halogens is 1. The lowest BCUT2D eigenvalue weighted by molar-refractivity contribution is 0.122. The minimum atomic E-state index is 0.680. The fourth-order valence-electron chi connectivity index (χ4n) is 3.30. The summed E-state index contributed by atoms with van der Waals surface area (Å²) in [4.78, 5) is 6.97. The monoisotopic (exact) mass is 427 g/mol. The molecule has 6 nitrogen and oxygen atoms in total. The molecule has 1 aliphatic heterocycles. The van der Waals surface area contributed by atoms with Crippen molar-refractivity contribution in [2.75, 3.05) is 36.5 Å². The third-order valence-electron chi connectivity index (χ3n) is 4.97. The maximum Gasteiger partial charge on any atom is 0.158 e. The molecule has 1 saturated heterocycles. The Kier molecular flexibility index (Phi) is 5.22. The van der Waals surface area contributed by atoms with Crippen LogP contribution in [0.25, 0.3) is 10.9 Å². The average Bonchev–Trinajstić information content (AvgIpc) is 2.71. The van der Waals surface area contributed by atoms with Crippen molar-refractivity contribution in [3.05, 3.63) is 51.8 Å². The van der Waals surface area contributed by atoms with Gasteiger partial charge in [-0.1, -0.05) is 28.1 Å². The molecule has 0 saturated carbocycles. The van der Waals surface area contributed by atoms with Gasteiger partial charge in [-0.3, -0.25) is 4.98 Å². The van der Waals surface area contributed by atoms with Gasteiger partial charge in [-0.25, -0.2) is 0 Å². The second-order valence-electron chi connectivity index (χ2n) is 6.70. The van der Waals surface area contributed by atoms with Gasteiger partial charge in [0.25, 0.3) is 0 Å². The number of rotatable bonds is 4. The van der Waals surface area contributed by atoms with Crippen molar-refractivity contribution in [3.8, 4) is 0 Å². The summed E-state index contributed by atoms with van der Waals surface area (Å²) in [6.07, 6.45) is 1.92. The number of nitrogens with one attached hydrogen (secondary N) is 1. The normalized spacial score (nSPS) is 14.6. The van der Waals surface area contributed by atoms with Crippen LogP contribution < -0.4 is 10.2 Å². The Morgan fingerprint density at radius 2 is 2.00 bits per heavy atom. The highest BCUT2D eigenvalue weighted by atomic mass is 79.9. The number of morpholine rings is 1. The molecule has 1 fully saturated rings. The Morgan fingerprint density at radius 1 is 1.19 bits per heavy atom. The van der Waals surface area contributed by atoms with Crippen molar-refractivity contribution in [2.45, 2.75) is 20.4 Å². The summed E-state index contributed by atoms with van der Waals surface area (Å²) in [6.45, 7) is 7.99. The van der Waals surface area contributed by atoms with Crippen LogP contribution in [0.15, 0.2) is 34.9 Å². The molecule has 0 aliphatic carbocycles. The molecular weight excluding hydrogens is 406 g/mol. The van der Waals surface area contributed by atoms with Gasteiger partial charge >= 0.3 is 0 Å². The molecule has 2 aromatic heterocycles. The Bertz CT molecular complexity index is 972. The molecule has 1 aromatic carbocycles. The number of aromatic nitrogens is 3. The summed E-state index contributed by atoms with van der Waals surface area (Å²) in [5.41, 5.74) is 5.26. The molecule has 0 atom stereocenters. The lowest BCUT2D eigenvalue weighted by Gasteiger charge is -2.28. The quantitative estimate of drug-likeness (QED) is 0.681. The SMILES string of the molecule is Cc1c(Br)cccc1CNc1nnc(C)c2ncc(N3CCOCC3)cc12. The maximum atomic E-state index is 5.46. The van der Waals surface area contributed by atoms with Gasteiger partial charge in [-0.05, 0) is 37.1 Å². The molecule has 1 aliphatic rings. The number of hydrogen-bond donors (Lipinski definition) is 1. The molecular formula is C20H22BrN5O. The van der Waals surface area contributed by atoms with E-state index in [2.05, 4.69) is 66.5 Å². The number of hydrogen-bond acceptors (Lipinski definition) is 6. The number of aryl methyl sites for hydroxylation is 1. The van der Waals surface area contributed by atoms with Crippen LogP contribution in [0.2, 0.25) is 0 Å². The number of pyridine rings is 1. The van der Waals surface area contributed by atoms with Crippen LogP contribution in [0.5, 0.6) is 0 Å². The van der Waals surface area contributed by atoms with E-state index in [0.29, 0.717) is 6.54 Å². The molecule has 3 heterocycles. The molecule has 4 rings (SSSR count). The molecule has 7 heteroatoms. The molecule has 1 N–H and O–H groups in total. The van der Waals surface area contributed by atoms with E-state index in [4.69, 9.17) is 4.74 Å². The highest BCUT2D eigenvalue weighted by Crippen LogP contribution is 2.27. The van der Waals surface area contributed by atoms with Gasteiger partial charge in [0.15, 0.2) is 5.82 Å². The lowest BCUT2D eigenvalue weighted by atomic mass is 10.1.